The molecule has 1 aliphatic heterocycles. The van der Waals surface area contributed by atoms with E-state index in [0.717, 1.165) is 30.8 Å². The Kier molecular flexibility index (Phi) is 4.07. The maximum absolute atomic E-state index is 12.5. The number of carbonyl (C=O) groups is 1. The third-order valence-electron chi connectivity index (χ3n) is 3.79. The summed E-state index contributed by atoms with van der Waals surface area (Å²) >= 11 is 0. The van der Waals surface area contributed by atoms with Gasteiger partial charge in [-0.15, -0.1) is 0 Å². The first-order valence-corrected chi connectivity index (χ1v) is 7.45. The Morgan fingerprint density at radius 2 is 2.10 bits per heavy atom. The molecule has 0 saturated heterocycles. The zero-order valence-corrected chi connectivity index (χ0v) is 13.1. The minimum absolute atomic E-state index is 0.228. The number of anilines is 2. The second-order valence-corrected chi connectivity index (χ2v) is 7.26. The number of hydrogen-bond donors (Lipinski definition) is 1. The van der Waals surface area contributed by atoms with Crippen LogP contribution in [0.3, 0.4) is 0 Å². The number of carbonyl (C=O) groups excluding carboxylic acids is 1. The molecule has 1 heterocycles. The first kappa shape index (κ1) is 14.9. The molecule has 1 atom stereocenters. The molecular weight excluding hydrogens is 248 g/mol. The van der Waals surface area contributed by atoms with Crippen molar-refractivity contribution in [3.8, 4) is 0 Å². The predicted molar refractivity (Wildman–Crippen MR) is 84.8 cm³/mol. The van der Waals surface area contributed by atoms with Crippen LogP contribution in [-0.4, -0.2) is 12.5 Å². The van der Waals surface area contributed by atoms with Crippen LogP contribution in [0.25, 0.3) is 0 Å². The zero-order valence-electron chi connectivity index (χ0n) is 13.1. The summed E-state index contributed by atoms with van der Waals surface area (Å²) in [4.78, 5) is 14.4. The highest BCUT2D eigenvalue weighted by atomic mass is 16.2. The molecule has 0 bridgehead atoms. The van der Waals surface area contributed by atoms with E-state index in [-0.39, 0.29) is 11.3 Å². The SMILES string of the molecule is CC(CC(=O)N1CCc2ccc(N)cc21)CC(C)(C)C. The van der Waals surface area contributed by atoms with Crippen LogP contribution in [0.4, 0.5) is 11.4 Å². The van der Waals surface area contributed by atoms with Gasteiger partial charge in [0.2, 0.25) is 5.91 Å². The number of nitrogen functional groups attached to an aromatic ring is 1. The van der Waals surface area contributed by atoms with Gasteiger partial charge in [0, 0.05) is 24.3 Å². The van der Waals surface area contributed by atoms with Crippen LogP contribution in [0.2, 0.25) is 0 Å². The summed E-state index contributed by atoms with van der Waals surface area (Å²) in [7, 11) is 0. The summed E-state index contributed by atoms with van der Waals surface area (Å²) in [5.74, 6) is 0.638. The van der Waals surface area contributed by atoms with Crippen molar-refractivity contribution in [3.63, 3.8) is 0 Å². The number of hydrogen-bond acceptors (Lipinski definition) is 2. The Morgan fingerprint density at radius 1 is 1.40 bits per heavy atom. The highest BCUT2D eigenvalue weighted by Gasteiger charge is 2.26. The van der Waals surface area contributed by atoms with Gasteiger partial charge in [-0.25, -0.2) is 0 Å². The van der Waals surface area contributed by atoms with E-state index in [1.165, 1.54) is 5.56 Å². The van der Waals surface area contributed by atoms with Crippen molar-refractivity contribution in [2.24, 2.45) is 11.3 Å². The lowest BCUT2D eigenvalue weighted by Gasteiger charge is -2.25. The first-order chi connectivity index (χ1) is 9.26. The summed E-state index contributed by atoms with van der Waals surface area (Å²) in [5.41, 5.74) is 9.08. The van der Waals surface area contributed by atoms with Gasteiger partial charge < -0.3 is 10.6 Å². The second kappa shape index (κ2) is 5.47. The van der Waals surface area contributed by atoms with E-state index in [4.69, 9.17) is 5.73 Å². The number of rotatable bonds is 3. The van der Waals surface area contributed by atoms with E-state index in [9.17, 15) is 4.79 Å². The Labute approximate surface area is 122 Å². The summed E-state index contributed by atoms with van der Waals surface area (Å²) in [6.45, 7) is 9.62. The van der Waals surface area contributed by atoms with Crippen LogP contribution >= 0.6 is 0 Å². The molecule has 0 saturated carbocycles. The topological polar surface area (TPSA) is 46.3 Å². The van der Waals surface area contributed by atoms with Crippen LogP contribution in [0.1, 0.15) is 46.1 Å². The van der Waals surface area contributed by atoms with Crippen molar-refractivity contribution in [1.29, 1.82) is 0 Å². The third kappa shape index (κ3) is 3.53. The number of nitrogens with two attached hydrogens (primary N) is 1. The van der Waals surface area contributed by atoms with Crippen LogP contribution in [0.15, 0.2) is 18.2 Å². The van der Waals surface area contributed by atoms with Crippen molar-refractivity contribution < 1.29 is 4.79 Å². The van der Waals surface area contributed by atoms with Crippen molar-refractivity contribution >= 4 is 17.3 Å². The van der Waals surface area contributed by atoms with Gasteiger partial charge in [-0.3, -0.25) is 4.79 Å². The Morgan fingerprint density at radius 3 is 2.75 bits per heavy atom. The van der Waals surface area contributed by atoms with E-state index in [1.807, 2.05) is 23.1 Å². The highest BCUT2D eigenvalue weighted by molar-refractivity contribution is 5.96. The maximum Gasteiger partial charge on any atom is 0.227 e. The molecule has 20 heavy (non-hydrogen) atoms. The van der Waals surface area contributed by atoms with E-state index in [2.05, 4.69) is 27.7 Å². The molecule has 110 valence electrons. The smallest absolute Gasteiger partial charge is 0.227 e. The molecule has 1 aromatic carbocycles. The molecule has 2 N–H and O–H groups in total. The van der Waals surface area contributed by atoms with Gasteiger partial charge in [-0.1, -0.05) is 33.8 Å². The molecular formula is C17H26N2O. The lowest BCUT2D eigenvalue weighted by molar-refractivity contribution is -0.119. The lowest BCUT2D eigenvalue weighted by Crippen LogP contribution is -2.30. The molecule has 1 aromatic rings. The second-order valence-electron chi connectivity index (χ2n) is 7.26. The molecule has 3 heteroatoms. The fourth-order valence-corrected chi connectivity index (χ4v) is 3.18. The Hall–Kier alpha value is -1.51. The third-order valence-corrected chi connectivity index (χ3v) is 3.79. The Bertz CT molecular complexity index is 502. The van der Waals surface area contributed by atoms with E-state index >= 15 is 0 Å². The summed E-state index contributed by atoms with van der Waals surface area (Å²) in [6, 6.07) is 5.88. The molecule has 0 spiro atoms. The van der Waals surface area contributed by atoms with Crippen molar-refractivity contribution in [3.05, 3.63) is 23.8 Å². The summed E-state index contributed by atoms with van der Waals surface area (Å²) < 4.78 is 0. The molecule has 0 fully saturated rings. The molecule has 2 rings (SSSR count). The Balaban J connectivity index is 2.04. The number of fused-ring (bicyclic) bond motifs is 1. The van der Waals surface area contributed by atoms with Gasteiger partial charge in [0.1, 0.15) is 0 Å². The normalized spacial score (nSPS) is 16.1. The van der Waals surface area contributed by atoms with Gasteiger partial charge in [-0.2, -0.15) is 0 Å². The zero-order chi connectivity index (χ0) is 14.9. The van der Waals surface area contributed by atoms with Gasteiger partial charge in [-0.05, 0) is 41.9 Å². The molecule has 0 aliphatic carbocycles. The fraction of sp³-hybridized carbons (Fsp3) is 0.588. The number of nitrogens with zero attached hydrogens (tertiary/aromatic N) is 1. The van der Waals surface area contributed by atoms with E-state index < -0.39 is 0 Å². The minimum Gasteiger partial charge on any atom is -0.399 e. The van der Waals surface area contributed by atoms with Gasteiger partial charge in [0.15, 0.2) is 0 Å². The molecule has 1 unspecified atom stereocenters. The molecule has 0 radical (unpaired) electrons. The van der Waals surface area contributed by atoms with Crippen LogP contribution in [0, 0.1) is 11.3 Å². The minimum atomic E-state index is 0.228. The number of benzene rings is 1. The van der Waals surface area contributed by atoms with Gasteiger partial charge in [0.05, 0.1) is 0 Å². The highest BCUT2D eigenvalue weighted by Crippen LogP contribution is 2.32. The summed E-state index contributed by atoms with van der Waals surface area (Å²) in [6.07, 6.45) is 2.62. The van der Waals surface area contributed by atoms with Crippen LogP contribution in [0.5, 0.6) is 0 Å². The first-order valence-electron chi connectivity index (χ1n) is 7.45. The fourth-order valence-electron chi connectivity index (χ4n) is 3.18. The van der Waals surface area contributed by atoms with Gasteiger partial charge >= 0.3 is 0 Å². The molecule has 3 nitrogen and oxygen atoms in total. The largest absolute Gasteiger partial charge is 0.399 e. The maximum atomic E-state index is 12.5. The quantitative estimate of drug-likeness (QED) is 0.856. The standard InChI is InChI=1S/C17H26N2O/c1-12(11-17(2,3)4)9-16(20)19-8-7-13-5-6-14(18)10-15(13)19/h5-6,10,12H,7-9,11,18H2,1-4H3. The van der Waals surface area contributed by atoms with Crippen molar-refractivity contribution in [2.75, 3.05) is 17.2 Å². The van der Waals surface area contributed by atoms with Crippen LogP contribution < -0.4 is 10.6 Å². The van der Waals surface area contributed by atoms with Crippen molar-refractivity contribution in [2.45, 2.75) is 47.0 Å². The van der Waals surface area contributed by atoms with E-state index in [0.29, 0.717) is 12.3 Å². The average Bonchev–Trinajstić information content (AvgIpc) is 2.68. The molecule has 0 aromatic heterocycles. The van der Waals surface area contributed by atoms with E-state index in [1.54, 1.807) is 0 Å². The molecule has 1 amide bonds. The molecule has 1 aliphatic rings. The van der Waals surface area contributed by atoms with Crippen LogP contribution in [-0.2, 0) is 11.2 Å². The average molecular weight is 274 g/mol. The predicted octanol–water partition coefficient (Wildman–Crippen LogP) is 3.62. The monoisotopic (exact) mass is 274 g/mol. The van der Waals surface area contributed by atoms with Gasteiger partial charge in [0.25, 0.3) is 0 Å². The van der Waals surface area contributed by atoms with Crippen molar-refractivity contribution in [1.82, 2.24) is 0 Å². The summed E-state index contributed by atoms with van der Waals surface area (Å²) in [5, 5.41) is 0. The lowest BCUT2D eigenvalue weighted by atomic mass is 9.84. The number of amides is 1.